The molecule has 0 bridgehead atoms. The lowest BCUT2D eigenvalue weighted by atomic mass is 9.77. The van der Waals surface area contributed by atoms with Gasteiger partial charge >= 0.3 is 12.5 Å². The van der Waals surface area contributed by atoms with Crippen LogP contribution in [0.1, 0.15) is 62.5 Å². The highest BCUT2D eigenvalue weighted by atomic mass is 19.4. The lowest BCUT2D eigenvalue weighted by Crippen LogP contribution is -2.23. The minimum atomic E-state index is -5.34. The van der Waals surface area contributed by atoms with Crippen molar-refractivity contribution in [1.29, 1.82) is 0 Å². The van der Waals surface area contributed by atoms with E-state index in [1.165, 1.54) is 18.6 Å². The Hall–Kier alpha value is -2.45. The SMILES string of the molecule is CCC[C@H]1CC[C@H](c2ccc(C(F)(F)Oc3cc(F)c(OC(F)(F)F)c(F)c3)cc2)CC1. The van der Waals surface area contributed by atoms with Gasteiger partial charge in [-0.1, -0.05) is 31.9 Å². The van der Waals surface area contributed by atoms with Crippen molar-refractivity contribution in [3.63, 3.8) is 0 Å². The molecule has 1 aliphatic rings. The molecule has 1 saturated carbocycles. The maximum Gasteiger partial charge on any atom is 0.573 e. The molecule has 0 unspecified atom stereocenters. The molecule has 0 aromatic heterocycles. The summed E-state index contributed by atoms with van der Waals surface area (Å²) in [5.74, 6) is -5.36. The number of benzene rings is 2. The van der Waals surface area contributed by atoms with Gasteiger partial charge in [-0.15, -0.1) is 13.2 Å². The Bertz CT molecular complexity index is 879. The van der Waals surface area contributed by atoms with Crippen LogP contribution in [0, 0.1) is 17.6 Å². The summed E-state index contributed by atoms with van der Waals surface area (Å²) >= 11 is 0. The van der Waals surface area contributed by atoms with Gasteiger partial charge in [0.15, 0.2) is 11.6 Å². The molecule has 0 radical (unpaired) electrons. The van der Waals surface area contributed by atoms with E-state index in [4.69, 9.17) is 0 Å². The second kappa shape index (κ2) is 9.58. The molecule has 3 rings (SSSR count). The van der Waals surface area contributed by atoms with Crippen LogP contribution in [0.4, 0.5) is 30.7 Å². The molecule has 0 amide bonds. The van der Waals surface area contributed by atoms with Gasteiger partial charge in [0.1, 0.15) is 5.75 Å². The Kier molecular flexibility index (Phi) is 7.25. The molecule has 2 aromatic carbocycles. The summed E-state index contributed by atoms with van der Waals surface area (Å²) in [5, 5.41) is 0. The molecule has 9 heteroatoms. The van der Waals surface area contributed by atoms with Crippen molar-refractivity contribution >= 4 is 0 Å². The van der Waals surface area contributed by atoms with E-state index < -0.39 is 41.2 Å². The molecule has 0 saturated heterocycles. The second-order valence-electron chi connectivity index (χ2n) is 8.01. The lowest BCUT2D eigenvalue weighted by molar-refractivity contribution is -0.276. The average Bonchev–Trinajstić information content (AvgIpc) is 2.71. The normalized spacial score (nSPS) is 19.6. The molecule has 0 N–H and O–H groups in total. The molecule has 176 valence electrons. The van der Waals surface area contributed by atoms with Crippen molar-refractivity contribution in [3.8, 4) is 11.5 Å². The summed E-state index contributed by atoms with van der Waals surface area (Å²) < 4.78 is 101. The van der Waals surface area contributed by atoms with Gasteiger partial charge in [0.05, 0.1) is 5.56 Å². The third-order valence-corrected chi connectivity index (χ3v) is 5.70. The van der Waals surface area contributed by atoms with E-state index in [1.807, 2.05) is 0 Å². The zero-order valence-electron chi connectivity index (χ0n) is 17.3. The first-order valence-electron chi connectivity index (χ1n) is 10.4. The van der Waals surface area contributed by atoms with Crippen LogP contribution in [-0.2, 0) is 6.11 Å². The molecule has 2 aromatic rings. The molecule has 0 spiro atoms. The summed E-state index contributed by atoms with van der Waals surface area (Å²) in [5.41, 5.74) is 0.391. The Balaban J connectivity index is 1.69. The van der Waals surface area contributed by atoms with Gasteiger partial charge in [-0.05, 0) is 55.2 Å². The Morgan fingerprint density at radius 2 is 1.41 bits per heavy atom. The van der Waals surface area contributed by atoms with E-state index in [9.17, 15) is 30.7 Å². The van der Waals surface area contributed by atoms with E-state index >= 15 is 0 Å². The van der Waals surface area contributed by atoms with E-state index in [2.05, 4.69) is 16.4 Å². The zero-order chi connectivity index (χ0) is 23.5. The van der Waals surface area contributed by atoms with Crippen molar-refractivity contribution < 1.29 is 40.2 Å². The van der Waals surface area contributed by atoms with Crippen LogP contribution in [0.15, 0.2) is 36.4 Å². The first-order valence-corrected chi connectivity index (χ1v) is 10.4. The van der Waals surface area contributed by atoms with Gasteiger partial charge < -0.3 is 9.47 Å². The van der Waals surface area contributed by atoms with Gasteiger partial charge in [0, 0.05) is 12.1 Å². The van der Waals surface area contributed by atoms with E-state index in [-0.39, 0.29) is 18.1 Å². The minimum Gasteiger partial charge on any atom is -0.429 e. The summed E-state index contributed by atoms with van der Waals surface area (Å²) in [6.07, 6.45) is -2.78. The van der Waals surface area contributed by atoms with Gasteiger partial charge in [0.2, 0.25) is 5.75 Å². The molecule has 1 aliphatic carbocycles. The number of halogens is 7. The van der Waals surface area contributed by atoms with Gasteiger partial charge in [-0.2, -0.15) is 8.78 Å². The minimum absolute atomic E-state index is 0.210. The third kappa shape index (κ3) is 6.07. The molecular weight excluding hydrogens is 441 g/mol. The molecule has 0 aliphatic heterocycles. The summed E-state index contributed by atoms with van der Waals surface area (Å²) in [4.78, 5) is 0. The third-order valence-electron chi connectivity index (χ3n) is 5.70. The van der Waals surface area contributed by atoms with Crippen molar-refractivity contribution in [2.75, 3.05) is 0 Å². The first-order chi connectivity index (χ1) is 15.0. The molecular formula is C23H23F7O2. The summed E-state index contributed by atoms with van der Waals surface area (Å²) in [6.45, 7) is 2.15. The van der Waals surface area contributed by atoms with Crippen LogP contribution >= 0.6 is 0 Å². The maximum atomic E-state index is 14.5. The highest BCUT2D eigenvalue weighted by Crippen LogP contribution is 2.39. The molecule has 32 heavy (non-hydrogen) atoms. The maximum absolute atomic E-state index is 14.5. The monoisotopic (exact) mass is 464 g/mol. The van der Waals surface area contributed by atoms with Crippen LogP contribution in [0.5, 0.6) is 11.5 Å². The first kappa shape index (κ1) is 24.2. The smallest absolute Gasteiger partial charge is 0.429 e. The van der Waals surface area contributed by atoms with Gasteiger partial charge in [0.25, 0.3) is 0 Å². The quantitative estimate of drug-likeness (QED) is 0.386. The van der Waals surface area contributed by atoms with Gasteiger partial charge in [-0.25, -0.2) is 8.78 Å². The lowest BCUT2D eigenvalue weighted by Gasteiger charge is -2.29. The number of rotatable bonds is 7. The molecule has 2 nitrogen and oxygen atoms in total. The fourth-order valence-electron chi connectivity index (χ4n) is 4.16. The average molecular weight is 464 g/mol. The predicted octanol–water partition coefficient (Wildman–Crippen LogP) is 8.07. The van der Waals surface area contributed by atoms with E-state index in [1.54, 1.807) is 12.1 Å². The molecule has 0 heterocycles. The topological polar surface area (TPSA) is 18.5 Å². The standard InChI is InChI=1S/C23H23F7O2/c1-2-3-14-4-6-15(7-5-14)16-8-10-17(11-9-16)22(26,27)31-18-12-19(24)21(20(25)13-18)32-23(28,29)30/h8-15H,2-7H2,1H3/t14-,15-. The number of alkyl halides is 5. The predicted molar refractivity (Wildman–Crippen MR) is 104 cm³/mol. The largest absolute Gasteiger partial charge is 0.573 e. The number of ether oxygens (including phenoxy) is 2. The van der Waals surface area contributed by atoms with Crippen LogP contribution in [0.2, 0.25) is 0 Å². The zero-order valence-corrected chi connectivity index (χ0v) is 17.3. The Morgan fingerprint density at radius 1 is 0.844 bits per heavy atom. The molecule has 1 fully saturated rings. The van der Waals surface area contributed by atoms with Crippen molar-refractivity contribution in [2.45, 2.75) is 63.8 Å². The van der Waals surface area contributed by atoms with Crippen LogP contribution in [-0.4, -0.2) is 6.36 Å². The van der Waals surface area contributed by atoms with Crippen LogP contribution < -0.4 is 9.47 Å². The van der Waals surface area contributed by atoms with Crippen molar-refractivity contribution in [3.05, 3.63) is 59.2 Å². The van der Waals surface area contributed by atoms with E-state index in [0.29, 0.717) is 5.92 Å². The highest BCUT2D eigenvalue weighted by molar-refractivity contribution is 5.36. The summed E-state index contributed by atoms with van der Waals surface area (Å²) in [6, 6.07) is 5.95. The number of hydrogen-bond acceptors (Lipinski definition) is 2. The van der Waals surface area contributed by atoms with Crippen molar-refractivity contribution in [2.24, 2.45) is 5.92 Å². The second-order valence-corrected chi connectivity index (χ2v) is 8.01. The van der Waals surface area contributed by atoms with E-state index in [0.717, 1.165) is 37.7 Å². The van der Waals surface area contributed by atoms with Gasteiger partial charge in [-0.3, -0.25) is 0 Å². The Labute approximate surface area is 181 Å². The fourth-order valence-corrected chi connectivity index (χ4v) is 4.16. The highest BCUT2D eigenvalue weighted by Gasteiger charge is 2.37. The summed E-state index contributed by atoms with van der Waals surface area (Å²) in [7, 11) is 0. The molecule has 0 atom stereocenters. The van der Waals surface area contributed by atoms with Crippen LogP contribution in [0.25, 0.3) is 0 Å². The Morgan fingerprint density at radius 3 is 1.91 bits per heavy atom. The van der Waals surface area contributed by atoms with Crippen LogP contribution in [0.3, 0.4) is 0 Å². The number of hydrogen-bond donors (Lipinski definition) is 0. The fraction of sp³-hybridized carbons (Fsp3) is 0.478. The van der Waals surface area contributed by atoms with Crippen molar-refractivity contribution in [1.82, 2.24) is 0 Å².